The number of hydrogen-bond acceptors (Lipinski definition) is 10. The van der Waals surface area contributed by atoms with E-state index in [0.29, 0.717) is 22.5 Å². The largest absolute Gasteiger partial charge is 0.399 e. The van der Waals surface area contributed by atoms with E-state index in [0.717, 1.165) is 0 Å². The lowest BCUT2D eigenvalue weighted by Gasteiger charge is -2.05. The number of nitrogens with two attached hydrogens (primary N) is 2. The molecule has 2 aliphatic heterocycles. The van der Waals surface area contributed by atoms with Crippen LogP contribution in [0.5, 0.6) is 0 Å². The molecule has 4 aromatic rings. The Labute approximate surface area is 221 Å². The van der Waals surface area contributed by atoms with Crippen molar-refractivity contribution in [3.05, 3.63) is 107 Å². The molecule has 39 heavy (non-hydrogen) atoms. The van der Waals surface area contributed by atoms with Crippen LogP contribution in [0.3, 0.4) is 0 Å². The topological polar surface area (TPSA) is 173 Å². The van der Waals surface area contributed by atoms with Crippen molar-refractivity contribution in [1.82, 2.24) is 0 Å². The summed E-state index contributed by atoms with van der Waals surface area (Å²) < 4.78 is 33.5. The van der Waals surface area contributed by atoms with Gasteiger partial charge in [0.1, 0.15) is 0 Å². The fourth-order valence-corrected chi connectivity index (χ4v) is 5.40. The Morgan fingerprint density at radius 2 is 0.872 bits per heavy atom. The highest BCUT2D eigenvalue weighted by atomic mass is 32.2. The number of carbonyl (C=O) groups excluding carboxylic acids is 4. The van der Waals surface area contributed by atoms with E-state index in [1.807, 2.05) is 0 Å². The second-order valence-electron chi connectivity index (χ2n) is 8.52. The predicted molar refractivity (Wildman–Crippen MR) is 139 cm³/mol. The van der Waals surface area contributed by atoms with Gasteiger partial charge in [0.25, 0.3) is 0 Å². The zero-order valence-corrected chi connectivity index (χ0v) is 20.7. The molecule has 0 aliphatic carbocycles. The van der Waals surface area contributed by atoms with Crippen LogP contribution in [0.4, 0.5) is 11.4 Å². The van der Waals surface area contributed by atoms with Gasteiger partial charge in [-0.1, -0.05) is 24.3 Å². The number of benzene rings is 4. The molecule has 0 spiro atoms. The molecule has 4 aromatic carbocycles. The number of cyclic esters (lactones) is 4. The molecule has 0 saturated heterocycles. The number of sulfone groups is 1. The first-order valence-electron chi connectivity index (χ1n) is 11.3. The van der Waals surface area contributed by atoms with E-state index < -0.39 is 33.7 Å². The molecule has 0 radical (unpaired) electrons. The molecule has 6 rings (SSSR count). The summed E-state index contributed by atoms with van der Waals surface area (Å²) >= 11 is 0. The van der Waals surface area contributed by atoms with E-state index in [1.165, 1.54) is 48.5 Å². The lowest BCUT2D eigenvalue weighted by molar-refractivity contribution is 0.0425. The lowest BCUT2D eigenvalue weighted by Crippen LogP contribution is -2.03. The van der Waals surface area contributed by atoms with Crippen molar-refractivity contribution >= 4 is 45.1 Å². The number of rotatable bonds is 3. The molecule has 11 heteroatoms. The minimum Gasteiger partial charge on any atom is -0.399 e. The van der Waals surface area contributed by atoms with Crippen LogP contribution in [0.15, 0.2) is 94.7 Å². The quantitative estimate of drug-likeness (QED) is 0.221. The molecule has 2 heterocycles. The van der Waals surface area contributed by atoms with Crippen LogP contribution in [-0.4, -0.2) is 32.3 Å². The Morgan fingerprint density at radius 3 is 1.26 bits per heavy atom. The Balaban J connectivity index is 0.000000164. The molecular weight excluding hydrogens is 524 g/mol. The van der Waals surface area contributed by atoms with E-state index in [9.17, 15) is 27.6 Å². The molecule has 0 unspecified atom stereocenters. The number of carbonyl (C=O) groups is 4. The summed E-state index contributed by atoms with van der Waals surface area (Å²) in [5.74, 6) is -2.74. The molecule has 0 aromatic heterocycles. The van der Waals surface area contributed by atoms with Gasteiger partial charge >= 0.3 is 23.9 Å². The zero-order chi connectivity index (χ0) is 27.9. The fourth-order valence-electron chi connectivity index (χ4n) is 4.03. The van der Waals surface area contributed by atoms with Crippen molar-refractivity contribution < 1.29 is 37.1 Å². The summed E-state index contributed by atoms with van der Waals surface area (Å²) in [4.78, 5) is 46.3. The summed E-state index contributed by atoms with van der Waals surface area (Å²) in [5, 5.41) is 0. The van der Waals surface area contributed by atoms with Gasteiger partial charge in [-0.2, -0.15) is 0 Å². The van der Waals surface area contributed by atoms with Crippen LogP contribution in [0.1, 0.15) is 41.4 Å². The summed E-state index contributed by atoms with van der Waals surface area (Å²) in [5.41, 5.74) is 14.0. The summed E-state index contributed by atoms with van der Waals surface area (Å²) in [6.45, 7) is 0. The molecule has 2 aliphatic rings. The van der Waals surface area contributed by atoms with Crippen LogP contribution in [0.2, 0.25) is 0 Å². The molecule has 0 atom stereocenters. The Bertz CT molecular complexity index is 1700. The van der Waals surface area contributed by atoms with Gasteiger partial charge in [0.2, 0.25) is 9.84 Å². The van der Waals surface area contributed by atoms with Crippen LogP contribution >= 0.6 is 0 Å². The van der Waals surface area contributed by atoms with Gasteiger partial charge in [0, 0.05) is 11.4 Å². The zero-order valence-electron chi connectivity index (χ0n) is 19.9. The van der Waals surface area contributed by atoms with Gasteiger partial charge in [-0.05, 0) is 71.8 Å². The molecule has 194 valence electrons. The van der Waals surface area contributed by atoms with E-state index in [4.69, 9.17) is 11.5 Å². The molecule has 0 saturated carbocycles. The standard InChI is InChI=1S/C16H6O6.C12H12N2O2S/c17-13-9-3-1-7(5-11(9)15(19)21-13)8-2-4-10-12(6-8)16(20)22-14(10)18;13-9-3-1-5-11(7-9)17(15,16)12-6-2-4-10(14)8-12/h1-6H;1-8H,13-14H2. The molecule has 0 bridgehead atoms. The van der Waals surface area contributed by atoms with Crippen LogP contribution in [0, 0.1) is 0 Å². The molecule has 10 nitrogen and oxygen atoms in total. The maximum absolute atomic E-state index is 12.2. The number of anilines is 2. The smallest absolute Gasteiger partial charge is 0.346 e. The maximum atomic E-state index is 12.2. The molecule has 0 amide bonds. The highest BCUT2D eigenvalue weighted by molar-refractivity contribution is 7.91. The second kappa shape index (κ2) is 9.54. The van der Waals surface area contributed by atoms with Gasteiger partial charge in [-0.15, -0.1) is 0 Å². The Hall–Kier alpha value is -5.29. The second-order valence-corrected chi connectivity index (χ2v) is 10.5. The number of hydrogen-bond donors (Lipinski definition) is 2. The third-order valence-electron chi connectivity index (χ3n) is 5.96. The first kappa shape index (κ1) is 25.4. The Morgan fingerprint density at radius 1 is 0.487 bits per heavy atom. The number of nitrogen functional groups attached to an aromatic ring is 2. The maximum Gasteiger partial charge on any atom is 0.346 e. The predicted octanol–water partition coefficient (Wildman–Crippen LogP) is 3.66. The normalized spacial score (nSPS) is 13.6. The van der Waals surface area contributed by atoms with Crippen molar-refractivity contribution in [2.75, 3.05) is 11.5 Å². The minimum atomic E-state index is -3.54. The van der Waals surface area contributed by atoms with E-state index in [-0.39, 0.29) is 32.0 Å². The average molecular weight is 543 g/mol. The van der Waals surface area contributed by atoms with Gasteiger partial charge < -0.3 is 20.9 Å². The van der Waals surface area contributed by atoms with Crippen molar-refractivity contribution in [1.29, 1.82) is 0 Å². The van der Waals surface area contributed by atoms with Crippen molar-refractivity contribution in [3.63, 3.8) is 0 Å². The number of esters is 4. The van der Waals surface area contributed by atoms with E-state index in [2.05, 4.69) is 9.47 Å². The third-order valence-corrected chi connectivity index (χ3v) is 7.71. The van der Waals surface area contributed by atoms with E-state index >= 15 is 0 Å². The molecular formula is C28H18N2O8S. The van der Waals surface area contributed by atoms with Crippen molar-refractivity contribution in [2.45, 2.75) is 9.79 Å². The van der Waals surface area contributed by atoms with Crippen LogP contribution in [0.25, 0.3) is 11.1 Å². The van der Waals surface area contributed by atoms with Crippen molar-refractivity contribution in [3.8, 4) is 11.1 Å². The summed E-state index contributed by atoms with van der Waals surface area (Å²) in [7, 11) is -3.54. The average Bonchev–Trinajstić information content (AvgIpc) is 3.37. The first-order chi connectivity index (χ1) is 18.5. The first-order valence-corrected chi connectivity index (χ1v) is 12.8. The monoisotopic (exact) mass is 542 g/mol. The summed E-state index contributed by atoms with van der Waals surface area (Å²) in [6, 6.07) is 21.7. The van der Waals surface area contributed by atoms with Crippen LogP contribution in [-0.2, 0) is 19.3 Å². The fraction of sp³-hybridized carbons (Fsp3) is 0. The molecule has 0 fully saturated rings. The SMILES string of the molecule is Nc1cccc(S(=O)(=O)c2cccc(N)c2)c1.O=C1OC(=O)c2cc(-c3ccc4c(c3)C(=O)OC4=O)ccc21. The lowest BCUT2D eigenvalue weighted by atomic mass is 9.97. The minimum absolute atomic E-state index is 0.170. The van der Waals surface area contributed by atoms with Gasteiger partial charge in [0.15, 0.2) is 0 Å². The Kier molecular flexibility index (Phi) is 6.21. The van der Waals surface area contributed by atoms with E-state index in [1.54, 1.807) is 36.4 Å². The third kappa shape index (κ3) is 4.74. The van der Waals surface area contributed by atoms with Gasteiger partial charge in [0.05, 0.1) is 32.0 Å². The number of ether oxygens (including phenoxy) is 2. The van der Waals surface area contributed by atoms with Crippen molar-refractivity contribution in [2.24, 2.45) is 0 Å². The highest BCUT2D eigenvalue weighted by Gasteiger charge is 2.31. The van der Waals surface area contributed by atoms with Gasteiger partial charge in [-0.25, -0.2) is 27.6 Å². The van der Waals surface area contributed by atoms with Gasteiger partial charge in [-0.3, -0.25) is 0 Å². The highest BCUT2D eigenvalue weighted by Crippen LogP contribution is 2.30. The number of fused-ring (bicyclic) bond motifs is 2. The summed E-state index contributed by atoms with van der Waals surface area (Å²) in [6.07, 6.45) is 0. The molecule has 4 N–H and O–H groups in total. The van der Waals surface area contributed by atoms with Crippen LogP contribution < -0.4 is 11.5 Å².